The largest absolute Gasteiger partial charge is 0.297 e. The lowest BCUT2D eigenvalue weighted by atomic mass is 10.3. The van der Waals surface area contributed by atoms with E-state index >= 15 is 0 Å². The number of rotatable bonds is 6. The van der Waals surface area contributed by atoms with Gasteiger partial charge in [0.2, 0.25) is 0 Å². The van der Waals surface area contributed by atoms with Gasteiger partial charge < -0.3 is 0 Å². The Kier molecular flexibility index (Phi) is 4.82. The Morgan fingerprint density at radius 3 is 2.83 bits per heavy atom. The van der Waals surface area contributed by atoms with Crippen molar-refractivity contribution in [1.82, 2.24) is 29.9 Å². The van der Waals surface area contributed by atoms with Gasteiger partial charge in [-0.2, -0.15) is 0 Å². The van der Waals surface area contributed by atoms with Crippen LogP contribution in [0, 0.1) is 6.92 Å². The Bertz CT molecular complexity index is 795. The van der Waals surface area contributed by atoms with Gasteiger partial charge in [0.15, 0.2) is 11.0 Å². The first-order valence-electron chi connectivity index (χ1n) is 7.11. The van der Waals surface area contributed by atoms with Gasteiger partial charge >= 0.3 is 0 Å². The lowest BCUT2D eigenvalue weighted by Gasteiger charge is -2.09. The van der Waals surface area contributed by atoms with Gasteiger partial charge in [-0.3, -0.25) is 9.55 Å². The average molecular weight is 344 g/mol. The fourth-order valence-electron chi connectivity index (χ4n) is 2.04. The zero-order chi connectivity index (χ0) is 16.2. The number of pyridine rings is 1. The molecule has 0 aromatic carbocycles. The standard InChI is InChI=1S/C15H16N6S2/c1-4-9-21-13(12-7-5-6-8-16-12)18-20-15(21)22-10(2)14-19-17-11(3)23-14/h4-8,10H,1,9H2,2-3H3/t10-/m0/s1. The Morgan fingerprint density at radius 2 is 2.17 bits per heavy atom. The summed E-state index contributed by atoms with van der Waals surface area (Å²) in [5, 5.41) is 19.9. The van der Waals surface area contributed by atoms with Gasteiger partial charge in [0, 0.05) is 12.7 Å². The molecule has 23 heavy (non-hydrogen) atoms. The minimum atomic E-state index is 0.158. The van der Waals surface area contributed by atoms with Gasteiger partial charge in [-0.25, -0.2) is 0 Å². The number of hydrogen-bond acceptors (Lipinski definition) is 7. The van der Waals surface area contributed by atoms with Gasteiger partial charge in [0.25, 0.3) is 0 Å². The third kappa shape index (κ3) is 3.48. The van der Waals surface area contributed by atoms with Crippen LogP contribution in [-0.2, 0) is 6.54 Å². The highest BCUT2D eigenvalue weighted by atomic mass is 32.2. The lowest BCUT2D eigenvalue weighted by Crippen LogP contribution is -2.02. The van der Waals surface area contributed by atoms with Crippen LogP contribution in [0.4, 0.5) is 0 Å². The number of aromatic nitrogens is 6. The van der Waals surface area contributed by atoms with Crippen LogP contribution in [0.2, 0.25) is 0 Å². The minimum Gasteiger partial charge on any atom is -0.297 e. The minimum absolute atomic E-state index is 0.158. The monoisotopic (exact) mass is 344 g/mol. The molecule has 3 aromatic rings. The summed E-state index contributed by atoms with van der Waals surface area (Å²) in [7, 11) is 0. The molecule has 8 heteroatoms. The molecule has 0 saturated carbocycles. The second-order valence-electron chi connectivity index (χ2n) is 4.84. The third-order valence-electron chi connectivity index (χ3n) is 3.09. The molecular weight excluding hydrogens is 328 g/mol. The van der Waals surface area contributed by atoms with E-state index in [1.54, 1.807) is 29.3 Å². The molecule has 0 bridgehead atoms. The van der Waals surface area contributed by atoms with E-state index in [9.17, 15) is 0 Å². The fraction of sp³-hybridized carbons (Fsp3) is 0.267. The SMILES string of the molecule is C=CCn1c(S[C@@H](C)c2nnc(C)s2)nnc1-c1ccccn1. The highest BCUT2D eigenvalue weighted by molar-refractivity contribution is 7.99. The smallest absolute Gasteiger partial charge is 0.192 e. The Balaban J connectivity index is 1.90. The molecule has 1 atom stereocenters. The number of hydrogen-bond donors (Lipinski definition) is 0. The van der Waals surface area contributed by atoms with Gasteiger partial charge in [0.05, 0.1) is 5.25 Å². The van der Waals surface area contributed by atoms with Crippen LogP contribution in [0.15, 0.2) is 42.2 Å². The Morgan fingerprint density at radius 1 is 1.30 bits per heavy atom. The summed E-state index contributed by atoms with van der Waals surface area (Å²) < 4.78 is 2.02. The highest BCUT2D eigenvalue weighted by Crippen LogP contribution is 2.36. The summed E-state index contributed by atoms with van der Waals surface area (Å²) in [5.74, 6) is 0.744. The Hall–Kier alpha value is -2.06. The molecule has 0 spiro atoms. The second kappa shape index (κ2) is 7.01. The van der Waals surface area contributed by atoms with Crippen LogP contribution in [0.5, 0.6) is 0 Å². The molecule has 0 unspecified atom stereocenters. The molecule has 0 aliphatic carbocycles. The molecule has 0 N–H and O–H groups in total. The van der Waals surface area contributed by atoms with Crippen molar-refractivity contribution in [2.24, 2.45) is 0 Å². The first-order chi connectivity index (χ1) is 11.2. The molecule has 6 nitrogen and oxygen atoms in total. The molecule has 3 rings (SSSR count). The van der Waals surface area contributed by atoms with E-state index < -0.39 is 0 Å². The van der Waals surface area contributed by atoms with E-state index in [0.29, 0.717) is 6.54 Å². The maximum Gasteiger partial charge on any atom is 0.192 e. The molecule has 0 amide bonds. The summed E-state index contributed by atoms with van der Waals surface area (Å²) in [6.07, 6.45) is 3.58. The maximum atomic E-state index is 4.36. The van der Waals surface area contributed by atoms with E-state index in [4.69, 9.17) is 0 Å². The van der Waals surface area contributed by atoms with Crippen LogP contribution >= 0.6 is 23.1 Å². The molecule has 3 aromatic heterocycles. The van der Waals surface area contributed by atoms with E-state index in [1.807, 2.05) is 35.8 Å². The Labute approximate surface area is 142 Å². The number of aryl methyl sites for hydroxylation is 1. The van der Waals surface area contributed by atoms with Crippen molar-refractivity contribution >= 4 is 23.1 Å². The first kappa shape index (κ1) is 15.8. The normalized spacial score (nSPS) is 12.3. The third-order valence-corrected chi connectivity index (χ3v) is 5.35. The number of allylic oxidation sites excluding steroid dienone is 1. The van der Waals surface area contributed by atoms with E-state index in [2.05, 4.69) is 38.9 Å². The quantitative estimate of drug-likeness (QED) is 0.503. The second-order valence-corrected chi connectivity index (χ2v) is 7.36. The molecule has 0 aliphatic rings. The lowest BCUT2D eigenvalue weighted by molar-refractivity contribution is 0.727. The molecule has 0 fully saturated rings. The van der Waals surface area contributed by atoms with Crippen molar-refractivity contribution in [1.29, 1.82) is 0 Å². The molecule has 118 valence electrons. The van der Waals surface area contributed by atoms with Crippen molar-refractivity contribution in [2.75, 3.05) is 0 Å². The van der Waals surface area contributed by atoms with Crippen molar-refractivity contribution in [3.05, 3.63) is 47.1 Å². The van der Waals surface area contributed by atoms with Gasteiger partial charge in [-0.15, -0.1) is 38.3 Å². The highest BCUT2D eigenvalue weighted by Gasteiger charge is 2.19. The van der Waals surface area contributed by atoms with Crippen molar-refractivity contribution in [2.45, 2.75) is 30.8 Å². The summed E-state index contributed by atoms with van der Waals surface area (Å²) >= 11 is 3.22. The molecule has 0 saturated heterocycles. The number of nitrogens with zero attached hydrogens (tertiary/aromatic N) is 6. The summed E-state index contributed by atoms with van der Waals surface area (Å²) in [5.41, 5.74) is 0.799. The molecule has 3 heterocycles. The van der Waals surface area contributed by atoms with Crippen molar-refractivity contribution in [3.8, 4) is 11.5 Å². The van der Waals surface area contributed by atoms with E-state index in [1.165, 1.54) is 0 Å². The predicted octanol–water partition coefficient (Wildman–Crippen LogP) is 3.54. The zero-order valence-corrected chi connectivity index (χ0v) is 14.5. The number of thioether (sulfide) groups is 1. The topological polar surface area (TPSA) is 69.4 Å². The first-order valence-corrected chi connectivity index (χ1v) is 8.81. The van der Waals surface area contributed by atoms with Crippen molar-refractivity contribution < 1.29 is 0 Å². The summed E-state index contributed by atoms with van der Waals surface area (Å²) in [6.45, 7) is 8.51. The summed E-state index contributed by atoms with van der Waals surface area (Å²) in [4.78, 5) is 4.36. The van der Waals surface area contributed by atoms with Gasteiger partial charge in [-0.1, -0.05) is 23.9 Å². The van der Waals surface area contributed by atoms with Gasteiger partial charge in [0.1, 0.15) is 15.7 Å². The summed E-state index contributed by atoms with van der Waals surface area (Å²) in [6, 6.07) is 5.75. The van der Waals surface area contributed by atoms with Crippen LogP contribution in [0.3, 0.4) is 0 Å². The predicted molar refractivity (Wildman–Crippen MR) is 92.4 cm³/mol. The molecule has 0 aliphatic heterocycles. The van der Waals surface area contributed by atoms with E-state index in [0.717, 1.165) is 26.7 Å². The molecule has 0 radical (unpaired) electrons. The van der Waals surface area contributed by atoms with Gasteiger partial charge in [-0.05, 0) is 26.0 Å². The molecular formula is C15H16N6S2. The van der Waals surface area contributed by atoms with Crippen LogP contribution in [-0.4, -0.2) is 29.9 Å². The van der Waals surface area contributed by atoms with E-state index in [-0.39, 0.29) is 5.25 Å². The van der Waals surface area contributed by atoms with Crippen LogP contribution < -0.4 is 0 Å². The zero-order valence-electron chi connectivity index (χ0n) is 12.9. The van der Waals surface area contributed by atoms with Crippen molar-refractivity contribution in [3.63, 3.8) is 0 Å². The average Bonchev–Trinajstić information content (AvgIpc) is 3.16. The fourth-order valence-corrected chi connectivity index (χ4v) is 3.80. The van der Waals surface area contributed by atoms with Crippen LogP contribution in [0.25, 0.3) is 11.5 Å². The van der Waals surface area contributed by atoms with Crippen LogP contribution in [0.1, 0.15) is 22.2 Å². The maximum absolute atomic E-state index is 4.36.